The highest BCUT2D eigenvalue weighted by molar-refractivity contribution is 5.80. The first-order chi connectivity index (χ1) is 5.52. The molecule has 0 saturated heterocycles. The minimum Gasteiger partial charge on any atom is -0.310 e. The van der Waals surface area contributed by atoms with Crippen molar-refractivity contribution in [3.63, 3.8) is 0 Å². The Labute approximate surface area is 75.0 Å². The van der Waals surface area contributed by atoms with Gasteiger partial charge < -0.3 is 5.41 Å². The average Bonchev–Trinajstić information content (AvgIpc) is 1.84. The quantitative estimate of drug-likeness (QED) is 0.484. The van der Waals surface area contributed by atoms with E-state index < -0.39 is 0 Å². The molecule has 0 radical (unpaired) electrons. The Balaban J connectivity index is 4.00. The molecule has 1 N–H and O–H groups in total. The van der Waals surface area contributed by atoms with Crippen LogP contribution in [-0.4, -0.2) is 5.71 Å². The second-order valence-corrected chi connectivity index (χ2v) is 3.18. The van der Waals surface area contributed by atoms with Crippen LogP contribution in [0.15, 0.2) is 36.0 Å². The summed E-state index contributed by atoms with van der Waals surface area (Å²) in [6.45, 7) is 9.56. The third-order valence-electron chi connectivity index (χ3n) is 1.31. The van der Waals surface area contributed by atoms with Crippen molar-refractivity contribution in [1.82, 2.24) is 0 Å². The lowest BCUT2D eigenvalue weighted by atomic mass is 10.1. The standard InChI is InChI=1S/C11H17N/c1-9(2)6-5-7-10(3)8-11(4)12/h5-7,12H,1,8H2,2-4H3/b6-5-,10-7+,12-11?. The lowest BCUT2D eigenvalue weighted by Crippen LogP contribution is -1.88. The van der Waals surface area contributed by atoms with Gasteiger partial charge in [0.2, 0.25) is 0 Å². The number of allylic oxidation sites excluding steroid dienone is 5. The maximum atomic E-state index is 7.26. The maximum absolute atomic E-state index is 7.26. The molecule has 0 heterocycles. The Hall–Kier alpha value is -1.11. The molecule has 0 aromatic rings. The monoisotopic (exact) mass is 163 g/mol. The van der Waals surface area contributed by atoms with Crippen LogP contribution in [0, 0.1) is 5.41 Å². The molecular formula is C11H17N. The summed E-state index contributed by atoms with van der Waals surface area (Å²) in [5.74, 6) is 0. The Kier molecular flexibility index (Phi) is 5.02. The number of hydrogen-bond donors (Lipinski definition) is 1. The summed E-state index contributed by atoms with van der Waals surface area (Å²) >= 11 is 0. The third-order valence-corrected chi connectivity index (χ3v) is 1.31. The molecule has 66 valence electrons. The van der Waals surface area contributed by atoms with Crippen LogP contribution in [0.1, 0.15) is 27.2 Å². The van der Waals surface area contributed by atoms with Gasteiger partial charge in [0.1, 0.15) is 0 Å². The molecule has 0 aliphatic heterocycles. The van der Waals surface area contributed by atoms with Crippen LogP contribution in [0.4, 0.5) is 0 Å². The fourth-order valence-electron chi connectivity index (χ4n) is 0.854. The highest BCUT2D eigenvalue weighted by Gasteiger charge is 1.88. The van der Waals surface area contributed by atoms with Gasteiger partial charge in [0, 0.05) is 12.1 Å². The Morgan fingerprint density at radius 3 is 2.33 bits per heavy atom. The van der Waals surface area contributed by atoms with Crippen LogP contribution < -0.4 is 0 Å². The fraction of sp³-hybridized carbons (Fsp3) is 0.364. The van der Waals surface area contributed by atoms with Gasteiger partial charge in [-0.1, -0.05) is 36.0 Å². The summed E-state index contributed by atoms with van der Waals surface area (Å²) in [5, 5.41) is 7.26. The van der Waals surface area contributed by atoms with E-state index >= 15 is 0 Å². The largest absolute Gasteiger partial charge is 0.310 e. The Morgan fingerprint density at radius 1 is 1.33 bits per heavy atom. The van der Waals surface area contributed by atoms with Crippen molar-refractivity contribution in [2.75, 3.05) is 0 Å². The zero-order valence-corrected chi connectivity index (χ0v) is 8.15. The highest BCUT2D eigenvalue weighted by atomic mass is 14.4. The molecule has 0 spiro atoms. The van der Waals surface area contributed by atoms with E-state index in [1.807, 2.05) is 39.0 Å². The molecule has 0 fully saturated rings. The van der Waals surface area contributed by atoms with E-state index in [1.165, 1.54) is 5.57 Å². The number of nitrogens with one attached hydrogen (secondary N) is 1. The van der Waals surface area contributed by atoms with E-state index in [-0.39, 0.29) is 0 Å². The molecule has 1 heteroatoms. The van der Waals surface area contributed by atoms with Gasteiger partial charge in [-0.3, -0.25) is 0 Å². The first-order valence-corrected chi connectivity index (χ1v) is 4.05. The second kappa shape index (κ2) is 5.53. The predicted molar refractivity (Wildman–Crippen MR) is 55.7 cm³/mol. The molecule has 0 saturated carbocycles. The SMILES string of the molecule is C=C(C)/C=C\C=C(/C)CC(C)=N. The van der Waals surface area contributed by atoms with Crippen molar-refractivity contribution in [2.45, 2.75) is 27.2 Å². The van der Waals surface area contributed by atoms with Crippen molar-refractivity contribution in [2.24, 2.45) is 0 Å². The van der Waals surface area contributed by atoms with Gasteiger partial charge in [-0.15, -0.1) is 0 Å². The topological polar surface area (TPSA) is 23.9 Å². The molecule has 0 aliphatic carbocycles. The van der Waals surface area contributed by atoms with Crippen LogP contribution in [-0.2, 0) is 0 Å². The molecule has 0 bridgehead atoms. The molecule has 1 nitrogen and oxygen atoms in total. The summed E-state index contributed by atoms with van der Waals surface area (Å²) in [6.07, 6.45) is 6.72. The summed E-state index contributed by atoms with van der Waals surface area (Å²) in [7, 11) is 0. The average molecular weight is 163 g/mol. The minimum absolute atomic E-state index is 0.701. The highest BCUT2D eigenvalue weighted by Crippen LogP contribution is 2.01. The van der Waals surface area contributed by atoms with Crippen molar-refractivity contribution in [3.8, 4) is 0 Å². The Morgan fingerprint density at radius 2 is 1.92 bits per heavy atom. The van der Waals surface area contributed by atoms with E-state index in [0.29, 0.717) is 5.71 Å². The van der Waals surface area contributed by atoms with Crippen molar-refractivity contribution in [3.05, 3.63) is 36.0 Å². The molecule has 0 unspecified atom stereocenters. The third kappa shape index (κ3) is 7.00. The summed E-state index contributed by atoms with van der Waals surface area (Å²) in [6, 6.07) is 0. The van der Waals surface area contributed by atoms with E-state index in [9.17, 15) is 0 Å². The molecule has 0 aromatic heterocycles. The van der Waals surface area contributed by atoms with Crippen LogP contribution in [0.25, 0.3) is 0 Å². The zero-order chi connectivity index (χ0) is 9.56. The van der Waals surface area contributed by atoms with Crippen LogP contribution in [0.2, 0.25) is 0 Å². The summed E-state index contributed by atoms with van der Waals surface area (Å²) in [4.78, 5) is 0. The summed E-state index contributed by atoms with van der Waals surface area (Å²) < 4.78 is 0. The number of rotatable bonds is 4. The molecule has 0 amide bonds. The molecule has 0 rings (SSSR count). The molecule has 0 atom stereocenters. The lowest BCUT2D eigenvalue weighted by Gasteiger charge is -1.95. The second-order valence-electron chi connectivity index (χ2n) is 3.18. The first-order valence-electron chi connectivity index (χ1n) is 4.05. The van der Waals surface area contributed by atoms with Gasteiger partial charge in [-0.05, 0) is 20.8 Å². The minimum atomic E-state index is 0.701. The van der Waals surface area contributed by atoms with Crippen molar-refractivity contribution in [1.29, 1.82) is 5.41 Å². The maximum Gasteiger partial charge on any atom is 0.00986 e. The van der Waals surface area contributed by atoms with E-state index in [0.717, 1.165) is 12.0 Å². The predicted octanol–water partition coefficient (Wildman–Crippen LogP) is 3.49. The van der Waals surface area contributed by atoms with Gasteiger partial charge in [0.25, 0.3) is 0 Å². The van der Waals surface area contributed by atoms with Gasteiger partial charge in [0.05, 0.1) is 0 Å². The zero-order valence-electron chi connectivity index (χ0n) is 8.15. The molecule has 0 aromatic carbocycles. The molecule has 0 aliphatic rings. The van der Waals surface area contributed by atoms with Gasteiger partial charge in [-0.25, -0.2) is 0 Å². The normalized spacial score (nSPS) is 12.1. The van der Waals surface area contributed by atoms with E-state index in [4.69, 9.17) is 5.41 Å². The van der Waals surface area contributed by atoms with E-state index in [2.05, 4.69) is 6.58 Å². The van der Waals surface area contributed by atoms with Gasteiger partial charge >= 0.3 is 0 Å². The van der Waals surface area contributed by atoms with E-state index in [1.54, 1.807) is 0 Å². The Bertz CT molecular complexity index is 231. The summed E-state index contributed by atoms with van der Waals surface area (Å²) in [5.41, 5.74) is 2.96. The van der Waals surface area contributed by atoms with Crippen LogP contribution in [0.5, 0.6) is 0 Å². The fourth-order valence-corrected chi connectivity index (χ4v) is 0.854. The van der Waals surface area contributed by atoms with Crippen LogP contribution >= 0.6 is 0 Å². The lowest BCUT2D eigenvalue weighted by molar-refractivity contribution is 1.22. The first kappa shape index (κ1) is 10.9. The molecule has 12 heavy (non-hydrogen) atoms. The molecular weight excluding hydrogens is 146 g/mol. The number of hydrogen-bond acceptors (Lipinski definition) is 1. The van der Waals surface area contributed by atoms with Gasteiger partial charge in [-0.2, -0.15) is 0 Å². The van der Waals surface area contributed by atoms with Gasteiger partial charge in [0.15, 0.2) is 0 Å². The van der Waals surface area contributed by atoms with Crippen LogP contribution in [0.3, 0.4) is 0 Å². The van der Waals surface area contributed by atoms with Crippen molar-refractivity contribution >= 4 is 5.71 Å². The smallest absolute Gasteiger partial charge is 0.00986 e. The van der Waals surface area contributed by atoms with Crippen molar-refractivity contribution < 1.29 is 0 Å².